The van der Waals surface area contributed by atoms with E-state index in [1.807, 2.05) is 82.3 Å². The summed E-state index contributed by atoms with van der Waals surface area (Å²) < 4.78 is 16.6. The first-order valence-electron chi connectivity index (χ1n) is 9.12. The summed E-state index contributed by atoms with van der Waals surface area (Å²) >= 11 is 0. The molecule has 5 nitrogen and oxygen atoms in total. The lowest BCUT2D eigenvalue weighted by molar-refractivity contribution is 0.115. The van der Waals surface area contributed by atoms with Gasteiger partial charge in [0, 0.05) is 17.6 Å². The summed E-state index contributed by atoms with van der Waals surface area (Å²) in [5.41, 5.74) is 1.70. The maximum Gasteiger partial charge on any atom is 0.415 e. The molecule has 0 aliphatic carbocycles. The number of nitrogens with zero attached hydrogens (tertiary/aromatic N) is 1. The Balaban J connectivity index is 1.93. The zero-order valence-corrected chi connectivity index (χ0v) is 16.1. The Bertz CT molecular complexity index is 819. The lowest BCUT2D eigenvalue weighted by atomic mass is 10.1. The predicted octanol–water partition coefficient (Wildman–Crippen LogP) is 5.17. The van der Waals surface area contributed by atoms with Crippen molar-refractivity contribution in [3.05, 3.63) is 59.7 Å². The highest BCUT2D eigenvalue weighted by atomic mass is 16.7. The van der Waals surface area contributed by atoms with E-state index in [1.165, 1.54) is 0 Å². The fourth-order valence-corrected chi connectivity index (χ4v) is 3.09. The molecule has 0 unspecified atom stereocenters. The van der Waals surface area contributed by atoms with Crippen LogP contribution in [0.5, 0.6) is 11.5 Å². The minimum Gasteiger partial charge on any atom is -0.454 e. The Hall–Kier alpha value is -2.95. The van der Waals surface area contributed by atoms with Crippen LogP contribution < -0.4 is 9.47 Å². The van der Waals surface area contributed by atoms with E-state index in [2.05, 4.69) is 0 Å². The SMILES string of the molecule is CC(C)N(C(=O)O/C(=C\c1ccc2c(c1)OCO2)c1ccccc1)C(C)C. The van der Waals surface area contributed by atoms with Crippen molar-refractivity contribution in [1.29, 1.82) is 0 Å². The van der Waals surface area contributed by atoms with Crippen LogP contribution in [0, 0.1) is 0 Å². The van der Waals surface area contributed by atoms with E-state index in [9.17, 15) is 4.79 Å². The van der Waals surface area contributed by atoms with Crippen molar-refractivity contribution < 1.29 is 19.0 Å². The van der Waals surface area contributed by atoms with E-state index in [0.717, 1.165) is 16.9 Å². The number of ether oxygens (including phenoxy) is 3. The van der Waals surface area contributed by atoms with Gasteiger partial charge in [0.25, 0.3) is 0 Å². The molecule has 0 aromatic heterocycles. The number of rotatable bonds is 5. The molecule has 2 aromatic rings. The molecule has 0 radical (unpaired) electrons. The van der Waals surface area contributed by atoms with Crippen LogP contribution in [0.15, 0.2) is 48.5 Å². The highest BCUT2D eigenvalue weighted by Crippen LogP contribution is 2.34. The van der Waals surface area contributed by atoms with Crippen molar-refractivity contribution in [1.82, 2.24) is 4.90 Å². The number of hydrogen-bond acceptors (Lipinski definition) is 4. The summed E-state index contributed by atoms with van der Waals surface area (Å²) in [6.45, 7) is 8.13. The molecule has 27 heavy (non-hydrogen) atoms. The van der Waals surface area contributed by atoms with E-state index >= 15 is 0 Å². The van der Waals surface area contributed by atoms with Gasteiger partial charge in [-0.25, -0.2) is 4.79 Å². The topological polar surface area (TPSA) is 48.0 Å². The van der Waals surface area contributed by atoms with Crippen molar-refractivity contribution in [3.63, 3.8) is 0 Å². The number of carbonyl (C=O) groups excluding carboxylic acids is 1. The molecule has 0 atom stereocenters. The van der Waals surface area contributed by atoms with Crippen LogP contribution >= 0.6 is 0 Å². The number of amides is 1. The van der Waals surface area contributed by atoms with Gasteiger partial charge in [-0.05, 0) is 51.5 Å². The molecule has 1 aliphatic heterocycles. The average molecular weight is 367 g/mol. The van der Waals surface area contributed by atoms with Gasteiger partial charge >= 0.3 is 6.09 Å². The molecule has 1 amide bonds. The minimum absolute atomic E-state index is 0.0417. The predicted molar refractivity (Wildman–Crippen MR) is 105 cm³/mol. The van der Waals surface area contributed by atoms with Gasteiger partial charge in [-0.1, -0.05) is 36.4 Å². The summed E-state index contributed by atoms with van der Waals surface area (Å²) in [7, 11) is 0. The van der Waals surface area contributed by atoms with E-state index in [1.54, 1.807) is 4.90 Å². The maximum atomic E-state index is 12.8. The van der Waals surface area contributed by atoms with Gasteiger partial charge in [0.15, 0.2) is 11.5 Å². The molecule has 3 rings (SSSR count). The molecule has 142 valence electrons. The quantitative estimate of drug-likeness (QED) is 0.540. The van der Waals surface area contributed by atoms with Gasteiger partial charge in [-0.3, -0.25) is 0 Å². The Kier molecular flexibility index (Phi) is 5.69. The van der Waals surface area contributed by atoms with E-state index in [-0.39, 0.29) is 25.0 Å². The Morgan fingerprint density at radius 3 is 2.33 bits per heavy atom. The van der Waals surface area contributed by atoms with Crippen molar-refractivity contribution in [2.45, 2.75) is 39.8 Å². The smallest absolute Gasteiger partial charge is 0.415 e. The highest BCUT2D eigenvalue weighted by Gasteiger charge is 2.23. The van der Waals surface area contributed by atoms with Crippen LogP contribution in [0.25, 0.3) is 11.8 Å². The van der Waals surface area contributed by atoms with Gasteiger partial charge in [0.1, 0.15) is 5.76 Å². The maximum absolute atomic E-state index is 12.8. The fourth-order valence-electron chi connectivity index (χ4n) is 3.09. The second-order valence-electron chi connectivity index (χ2n) is 6.95. The third-order valence-electron chi connectivity index (χ3n) is 4.27. The van der Waals surface area contributed by atoms with Gasteiger partial charge in [-0.2, -0.15) is 0 Å². The van der Waals surface area contributed by atoms with Crippen molar-refractivity contribution in [2.75, 3.05) is 6.79 Å². The fraction of sp³-hybridized carbons (Fsp3) is 0.318. The first-order chi connectivity index (χ1) is 13.0. The third kappa shape index (κ3) is 4.42. The first kappa shape index (κ1) is 18.8. The lowest BCUT2D eigenvalue weighted by Gasteiger charge is -2.30. The first-order valence-corrected chi connectivity index (χ1v) is 9.12. The highest BCUT2D eigenvalue weighted by molar-refractivity contribution is 5.85. The molecule has 1 heterocycles. The van der Waals surface area contributed by atoms with Crippen LogP contribution in [0.1, 0.15) is 38.8 Å². The summed E-state index contributed by atoms with van der Waals surface area (Å²) in [5, 5.41) is 0. The third-order valence-corrected chi connectivity index (χ3v) is 4.27. The molecule has 0 bridgehead atoms. The van der Waals surface area contributed by atoms with Crippen LogP contribution in [0.2, 0.25) is 0 Å². The molecule has 2 aromatic carbocycles. The molecule has 0 fully saturated rings. The van der Waals surface area contributed by atoms with Crippen molar-refractivity contribution >= 4 is 17.9 Å². The molecule has 0 spiro atoms. The summed E-state index contributed by atoms with van der Waals surface area (Å²) in [5.74, 6) is 1.90. The molecular formula is C22H25NO4. The zero-order chi connectivity index (χ0) is 19.4. The van der Waals surface area contributed by atoms with Crippen LogP contribution in [-0.2, 0) is 4.74 Å². The molecule has 5 heteroatoms. The number of fused-ring (bicyclic) bond motifs is 1. The largest absolute Gasteiger partial charge is 0.454 e. The summed E-state index contributed by atoms with van der Waals surface area (Å²) in [4.78, 5) is 14.5. The number of benzene rings is 2. The van der Waals surface area contributed by atoms with E-state index in [4.69, 9.17) is 14.2 Å². The van der Waals surface area contributed by atoms with E-state index < -0.39 is 0 Å². The van der Waals surface area contributed by atoms with Crippen LogP contribution in [-0.4, -0.2) is 29.9 Å². The monoisotopic (exact) mass is 367 g/mol. The second kappa shape index (κ2) is 8.16. The molecule has 0 saturated heterocycles. The molecular weight excluding hydrogens is 342 g/mol. The Morgan fingerprint density at radius 2 is 1.67 bits per heavy atom. The Morgan fingerprint density at radius 1 is 1.00 bits per heavy atom. The molecule has 0 N–H and O–H groups in total. The molecule has 1 aliphatic rings. The van der Waals surface area contributed by atoms with Gasteiger partial charge in [0.05, 0.1) is 0 Å². The minimum atomic E-state index is -0.365. The average Bonchev–Trinajstić information content (AvgIpc) is 3.09. The zero-order valence-electron chi connectivity index (χ0n) is 16.1. The number of hydrogen-bond donors (Lipinski definition) is 0. The number of carbonyl (C=O) groups is 1. The van der Waals surface area contributed by atoms with Gasteiger partial charge < -0.3 is 19.1 Å². The van der Waals surface area contributed by atoms with Gasteiger partial charge in [-0.15, -0.1) is 0 Å². The molecule has 0 saturated carbocycles. The van der Waals surface area contributed by atoms with E-state index in [0.29, 0.717) is 11.5 Å². The van der Waals surface area contributed by atoms with Crippen molar-refractivity contribution in [2.24, 2.45) is 0 Å². The summed E-state index contributed by atoms with van der Waals surface area (Å²) in [6.07, 6.45) is 1.48. The lowest BCUT2D eigenvalue weighted by Crippen LogP contribution is -2.42. The normalized spacial score (nSPS) is 13.2. The van der Waals surface area contributed by atoms with Crippen molar-refractivity contribution in [3.8, 4) is 11.5 Å². The summed E-state index contributed by atoms with van der Waals surface area (Å²) in [6, 6.07) is 15.3. The Labute approximate surface area is 160 Å². The van der Waals surface area contributed by atoms with Crippen LogP contribution in [0.4, 0.5) is 4.79 Å². The van der Waals surface area contributed by atoms with Crippen LogP contribution in [0.3, 0.4) is 0 Å². The standard InChI is InChI=1S/C22H25NO4/c1-15(2)23(16(3)4)22(24)27-20(18-8-6-5-7-9-18)12-17-10-11-19-21(13-17)26-14-25-19/h5-13,15-16H,14H2,1-4H3/b20-12-. The van der Waals surface area contributed by atoms with Gasteiger partial charge in [0.2, 0.25) is 6.79 Å². The second-order valence-corrected chi connectivity index (χ2v) is 6.95.